The van der Waals surface area contributed by atoms with Gasteiger partial charge in [-0.05, 0) is 30.4 Å². The summed E-state index contributed by atoms with van der Waals surface area (Å²) in [6, 6.07) is 3.53. The number of nitrogens with two attached hydrogens (primary N) is 1. The van der Waals surface area contributed by atoms with Crippen molar-refractivity contribution in [3.63, 3.8) is 0 Å². The van der Waals surface area contributed by atoms with Crippen LogP contribution < -0.4 is 16.6 Å². The predicted octanol–water partition coefficient (Wildman–Crippen LogP) is 2.80. The Bertz CT molecular complexity index is 481. The van der Waals surface area contributed by atoms with E-state index in [-0.39, 0.29) is 11.8 Å². The van der Waals surface area contributed by atoms with E-state index in [1.165, 1.54) is 25.7 Å². The van der Waals surface area contributed by atoms with Crippen LogP contribution >= 0.6 is 0 Å². The summed E-state index contributed by atoms with van der Waals surface area (Å²) in [4.78, 5) is 16.6. The topological polar surface area (TPSA) is 80.0 Å². The third kappa shape index (κ3) is 4.43. The molecule has 1 saturated carbocycles. The molecule has 0 spiro atoms. The molecule has 116 valence electrons. The lowest BCUT2D eigenvalue weighted by atomic mass is 10.0. The number of rotatable bonds is 6. The Morgan fingerprint density at radius 1 is 1.38 bits per heavy atom. The zero-order chi connectivity index (χ0) is 15.2. The van der Waals surface area contributed by atoms with Crippen LogP contribution in [0.4, 0.5) is 5.82 Å². The van der Waals surface area contributed by atoms with E-state index in [2.05, 4.69) is 15.7 Å². The number of nitrogens with one attached hydrogen (secondary N) is 2. The van der Waals surface area contributed by atoms with Gasteiger partial charge in [-0.15, -0.1) is 0 Å². The number of carbonyl (C=O) groups is 1. The summed E-state index contributed by atoms with van der Waals surface area (Å²) in [5, 5.41) is 3.01. The summed E-state index contributed by atoms with van der Waals surface area (Å²) in [5.41, 5.74) is 4.01. The van der Waals surface area contributed by atoms with Crippen molar-refractivity contribution < 1.29 is 4.79 Å². The van der Waals surface area contributed by atoms with Gasteiger partial charge in [-0.1, -0.05) is 39.5 Å². The van der Waals surface area contributed by atoms with E-state index in [9.17, 15) is 4.79 Å². The van der Waals surface area contributed by atoms with Crippen LogP contribution in [0.2, 0.25) is 0 Å². The number of nitrogen functional groups attached to an aromatic ring is 1. The standard InChI is InChI=1S/C16H26N4O/c1-11(2)14-9-13(10-15(19-14)20-17)16(21)18-8-7-12-5-3-4-6-12/h9-12H,3-8,17H2,1-2H3,(H,18,21)(H,19,20). The van der Waals surface area contributed by atoms with Gasteiger partial charge in [0, 0.05) is 17.8 Å². The Morgan fingerprint density at radius 2 is 2.10 bits per heavy atom. The number of anilines is 1. The first-order valence-electron chi connectivity index (χ1n) is 7.87. The third-order valence-corrected chi connectivity index (χ3v) is 4.16. The van der Waals surface area contributed by atoms with Crippen molar-refractivity contribution in [3.05, 3.63) is 23.4 Å². The summed E-state index contributed by atoms with van der Waals surface area (Å²) >= 11 is 0. The number of amides is 1. The second kappa shape index (κ2) is 7.41. The molecule has 1 amide bonds. The van der Waals surface area contributed by atoms with E-state index >= 15 is 0 Å². The smallest absolute Gasteiger partial charge is 0.251 e. The monoisotopic (exact) mass is 290 g/mol. The van der Waals surface area contributed by atoms with Crippen LogP contribution in [0, 0.1) is 5.92 Å². The Hall–Kier alpha value is -1.62. The highest BCUT2D eigenvalue weighted by molar-refractivity contribution is 5.95. The molecule has 1 heterocycles. The first kappa shape index (κ1) is 15.8. The molecule has 0 atom stereocenters. The molecule has 0 aliphatic heterocycles. The highest BCUT2D eigenvalue weighted by Gasteiger charge is 2.16. The molecule has 1 aromatic rings. The van der Waals surface area contributed by atoms with Gasteiger partial charge in [0.1, 0.15) is 5.82 Å². The van der Waals surface area contributed by atoms with Gasteiger partial charge in [0.2, 0.25) is 0 Å². The fraction of sp³-hybridized carbons (Fsp3) is 0.625. The number of hydrogen-bond donors (Lipinski definition) is 3. The van der Waals surface area contributed by atoms with E-state index in [4.69, 9.17) is 5.84 Å². The minimum atomic E-state index is -0.0474. The predicted molar refractivity (Wildman–Crippen MR) is 85.0 cm³/mol. The van der Waals surface area contributed by atoms with E-state index in [0.717, 1.165) is 24.6 Å². The van der Waals surface area contributed by atoms with Gasteiger partial charge < -0.3 is 10.7 Å². The molecule has 4 N–H and O–H groups in total. The Balaban J connectivity index is 1.95. The number of hydrazine groups is 1. The third-order valence-electron chi connectivity index (χ3n) is 4.16. The number of aromatic nitrogens is 1. The molecule has 21 heavy (non-hydrogen) atoms. The van der Waals surface area contributed by atoms with Crippen LogP contribution in [-0.4, -0.2) is 17.4 Å². The largest absolute Gasteiger partial charge is 0.352 e. The summed E-state index contributed by atoms with van der Waals surface area (Å²) in [7, 11) is 0. The van der Waals surface area contributed by atoms with Gasteiger partial charge >= 0.3 is 0 Å². The maximum Gasteiger partial charge on any atom is 0.251 e. The number of carbonyl (C=O) groups excluding carboxylic acids is 1. The second-order valence-electron chi connectivity index (χ2n) is 6.16. The molecule has 1 aliphatic carbocycles. The average molecular weight is 290 g/mol. The molecule has 5 heteroatoms. The van der Waals surface area contributed by atoms with Gasteiger partial charge in [0.05, 0.1) is 0 Å². The minimum Gasteiger partial charge on any atom is -0.352 e. The Kier molecular flexibility index (Phi) is 5.56. The van der Waals surface area contributed by atoms with Crippen molar-refractivity contribution in [3.8, 4) is 0 Å². The van der Waals surface area contributed by atoms with Gasteiger partial charge in [0.15, 0.2) is 0 Å². The lowest BCUT2D eigenvalue weighted by Crippen LogP contribution is -2.26. The first-order valence-corrected chi connectivity index (χ1v) is 7.87. The number of hydrogen-bond acceptors (Lipinski definition) is 4. The summed E-state index contributed by atoms with van der Waals surface area (Å²) in [5.74, 6) is 6.95. The van der Waals surface area contributed by atoms with Gasteiger partial charge in [0.25, 0.3) is 5.91 Å². The molecule has 2 rings (SSSR count). The summed E-state index contributed by atoms with van der Waals surface area (Å²) in [6.45, 7) is 4.84. The van der Waals surface area contributed by atoms with Crippen LogP contribution in [0.3, 0.4) is 0 Å². The molecule has 0 radical (unpaired) electrons. The van der Waals surface area contributed by atoms with Crippen molar-refractivity contribution in [2.24, 2.45) is 11.8 Å². The molecule has 0 bridgehead atoms. The maximum absolute atomic E-state index is 12.3. The SMILES string of the molecule is CC(C)c1cc(C(=O)NCCC2CCCC2)cc(NN)n1. The zero-order valence-corrected chi connectivity index (χ0v) is 13.0. The van der Waals surface area contributed by atoms with Gasteiger partial charge in [-0.2, -0.15) is 0 Å². The van der Waals surface area contributed by atoms with Crippen LogP contribution in [0.1, 0.15) is 67.9 Å². The van der Waals surface area contributed by atoms with Crippen molar-refractivity contribution in [1.82, 2.24) is 10.3 Å². The molecule has 1 aromatic heterocycles. The fourth-order valence-electron chi connectivity index (χ4n) is 2.84. The average Bonchev–Trinajstić information content (AvgIpc) is 2.99. The van der Waals surface area contributed by atoms with E-state index in [0.29, 0.717) is 11.4 Å². The Labute approximate surface area is 126 Å². The summed E-state index contributed by atoms with van der Waals surface area (Å²) in [6.07, 6.45) is 6.38. The van der Waals surface area contributed by atoms with Crippen molar-refractivity contribution in [2.75, 3.05) is 12.0 Å². The number of nitrogens with zero attached hydrogens (tertiary/aromatic N) is 1. The van der Waals surface area contributed by atoms with Crippen molar-refractivity contribution >= 4 is 11.7 Å². The summed E-state index contributed by atoms with van der Waals surface area (Å²) < 4.78 is 0. The van der Waals surface area contributed by atoms with Crippen LogP contribution in [0.25, 0.3) is 0 Å². The van der Waals surface area contributed by atoms with Gasteiger partial charge in [-0.25, -0.2) is 10.8 Å². The molecular weight excluding hydrogens is 264 g/mol. The van der Waals surface area contributed by atoms with Gasteiger partial charge in [-0.3, -0.25) is 4.79 Å². The van der Waals surface area contributed by atoms with Crippen molar-refractivity contribution in [1.29, 1.82) is 0 Å². The lowest BCUT2D eigenvalue weighted by Gasteiger charge is -2.12. The maximum atomic E-state index is 12.3. The van der Waals surface area contributed by atoms with E-state index in [1.54, 1.807) is 6.07 Å². The molecule has 5 nitrogen and oxygen atoms in total. The molecule has 1 fully saturated rings. The molecule has 1 aliphatic rings. The Morgan fingerprint density at radius 3 is 2.71 bits per heavy atom. The first-order chi connectivity index (χ1) is 10.1. The normalized spacial score (nSPS) is 15.4. The lowest BCUT2D eigenvalue weighted by molar-refractivity contribution is 0.0951. The van der Waals surface area contributed by atoms with Crippen LogP contribution in [0.15, 0.2) is 12.1 Å². The number of pyridine rings is 1. The highest BCUT2D eigenvalue weighted by atomic mass is 16.1. The zero-order valence-electron chi connectivity index (χ0n) is 13.0. The molecular formula is C16H26N4O. The fourth-order valence-corrected chi connectivity index (χ4v) is 2.84. The van der Waals surface area contributed by atoms with Crippen molar-refractivity contribution in [2.45, 2.75) is 51.9 Å². The van der Waals surface area contributed by atoms with Crippen LogP contribution in [-0.2, 0) is 0 Å². The quantitative estimate of drug-likeness (QED) is 0.556. The minimum absolute atomic E-state index is 0.0474. The van der Waals surface area contributed by atoms with E-state index in [1.807, 2.05) is 19.9 Å². The molecule has 0 aromatic carbocycles. The van der Waals surface area contributed by atoms with E-state index < -0.39 is 0 Å². The van der Waals surface area contributed by atoms with Crippen LogP contribution in [0.5, 0.6) is 0 Å². The second-order valence-corrected chi connectivity index (χ2v) is 6.16. The molecule has 0 saturated heterocycles. The molecule has 0 unspecified atom stereocenters. The highest BCUT2D eigenvalue weighted by Crippen LogP contribution is 2.27.